The van der Waals surface area contributed by atoms with Gasteiger partial charge in [-0.1, -0.05) is 64.5 Å². The van der Waals surface area contributed by atoms with E-state index in [-0.39, 0.29) is 0 Å². The van der Waals surface area contributed by atoms with E-state index in [4.69, 9.17) is 9.40 Å². The second-order valence-electron chi connectivity index (χ2n) is 5.79. The highest BCUT2D eigenvalue weighted by atomic mass is 79.9. The van der Waals surface area contributed by atoms with Gasteiger partial charge in [-0.2, -0.15) is 0 Å². The Labute approximate surface area is 146 Å². The Morgan fingerprint density at radius 1 is 0.792 bits per heavy atom. The van der Waals surface area contributed by atoms with Crippen LogP contribution in [0.2, 0.25) is 0 Å². The molecule has 0 saturated carbocycles. The number of hydrogen-bond donors (Lipinski definition) is 0. The molecule has 0 unspecified atom stereocenters. The van der Waals surface area contributed by atoms with Gasteiger partial charge in [0.2, 0.25) is 0 Å². The van der Waals surface area contributed by atoms with Crippen LogP contribution in [0.4, 0.5) is 0 Å². The highest BCUT2D eigenvalue weighted by Gasteiger charge is 2.17. The molecule has 5 aromatic rings. The molecule has 0 amide bonds. The monoisotopic (exact) mass is 373 g/mol. The van der Waals surface area contributed by atoms with Crippen molar-refractivity contribution in [3.05, 3.63) is 77.3 Å². The number of para-hydroxylation sites is 1. The second-order valence-corrected chi connectivity index (χ2v) is 6.71. The molecular weight excluding hydrogens is 362 g/mol. The number of benzene rings is 3. The number of pyridine rings is 1. The number of aromatic nitrogens is 1. The minimum Gasteiger partial charge on any atom is -0.454 e. The summed E-state index contributed by atoms with van der Waals surface area (Å²) in [5, 5.41) is 3.34. The van der Waals surface area contributed by atoms with E-state index < -0.39 is 0 Å². The van der Waals surface area contributed by atoms with Crippen molar-refractivity contribution < 1.29 is 4.42 Å². The van der Waals surface area contributed by atoms with E-state index in [1.54, 1.807) is 0 Å². The molecule has 0 N–H and O–H groups in total. The summed E-state index contributed by atoms with van der Waals surface area (Å²) in [6.07, 6.45) is 0. The standard InChI is InChI=1S/C21H12BrNO/c22-14-10-11-18-16(12-14)19-15-8-4-5-9-17(15)23-20(21(19)24-18)13-6-2-1-3-7-13/h1-12H. The zero-order valence-corrected chi connectivity index (χ0v) is 14.2. The number of nitrogens with zero attached hydrogens (tertiary/aromatic N) is 1. The van der Waals surface area contributed by atoms with Gasteiger partial charge < -0.3 is 4.42 Å². The van der Waals surface area contributed by atoms with Gasteiger partial charge in [0.05, 0.1) is 5.52 Å². The van der Waals surface area contributed by atoms with Crippen LogP contribution >= 0.6 is 15.9 Å². The third-order valence-electron chi connectivity index (χ3n) is 4.32. The molecule has 2 aromatic heterocycles. The van der Waals surface area contributed by atoms with Crippen LogP contribution in [-0.4, -0.2) is 4.98 Å². The fourth-order valence-corrected chi connectivity index (χ4v) is 3.61. The van der Waals surface area contributed by atoms with E-state index in [0.29, 0.717) is 0 Å². The third kappa shape index (κ3) is 1.98. The van der Waals surface area contributed by atoms with E-state index in [2.05, 4.69) is 46.3 Å². The first-order valence-electron chi connectivity index (χ1n) is 7.77. The predicted octanol–water partition coefficient (Wildman–Crippen LogP) is 6.56. The Kier molecular flexibility index (Phi) is 2.97. The summed E-state index contributed by atoms with van der Waals surface area (Å²) in [5.74, 6) is 0. The van der Waals surface area contributed by atoms with Crippen LogP contribution in [0.25, 0.3) is 44.1 Å². The van der Waals surface area contributed by atoms with Crippen molar-refractivity contribution in [2.45, 2.75) is 0 Å². The molecule has 3 aromatic carbocycles. The first kappa shape index (κ1) is 13.8. The van der Waals surface area contributed by atoms with E-state index in [9.17, 15) is 0 Å². The van der Waals surface area contributed by atoms with Crippen molar-refractivity contribution in [2.75, 3.05) is 0 Å². The molecule has 5 rings (SSSR count). The van der Waals surface area contributed by atoms with Crippen LogP contribution in [0.1, 0.15) is 0 Å². The predicted molar refractivity (Wildman–Crippen MR) is 102 cm³/mol. The fraction of sp³-hybridized carbons (Fsp3) is 0. The molecule has 2 heterocycles. The van der Waals surface area contributed by atoms with Crippen LogP contribution in [0.5, 0.6) is 0 Å². The van der Waals surface area contributed by atoms with Gasteiger partial charge in [-0.25, -0.2) is 4.98 Å². The maximum atomic E-state index is 6.22. The van der Waals surface area contributed by atoms with E-state index in [0.717, 1.165) is 48.6 Å². The van der Waals surface area contributed by atoms with Crippen LogP contribution in [0, 0.1) is 0 Å². The Bertz CT molecular complexity index is 1210. The maximum absolute atomic E-state index is 6.22. The Morgan fingerprint density at radius 3 is 2.46 bits per heavy atom. The summed E-state index contributed by atoms with van der Waals surface area (Å²) in [4.78, 5) is 4.89. The summed E-state index contributed by atoms with van der Waals surface area (Å²) < 4.78 is 7.26. The third-order valence-corrected chi connectivity index (χ3v) is 4.81. The van der Waals surface area contributed by atoms with Crippen LogP contribution in [0.3, 0.4) is 0 Å². The molecule has 0 aliphatic heterocycles. The van der Waals surface area contributed by atoms with Gasteiger partial charge in [-0.3, -0.25) is 0 Å². The van der Waals surface area contributed by atoms with Gasteiger partial charge in [0, 0.05) is 26.2 Å². The number of hydrogen-bond acceptors (Lipinski definition) is 2. The quantitative estimate of drug-likeness (QED) is 0.332. The molecule has 0 bridgehead atoms. The smallest absolute Gasteiger partial charge is 0.162 e. The molecule has 0 fully saturated rings. The summed E-state index contributed by atoms with van der Waals surface area (Å²) in [5.41, 5.74) is 4.64. The van der Waals surface area contributed by atoms with Crippen molar-refractivity contribution in [2.24, 2.45) is 0 Å². The second kappa shape index (κ2) is 5.18. The van der Waals surface area contributed by atoms with Crippen LogP contribution in [0.15, 0.2) is 81.7 Å². The molecule has 0 atom stereocenters. The fourth-order valence-electron chi connectivity index (χ4n) is 3.25. The van der Waals surface area contributed by atoms with Crippen molar-refractivity contribution in [1.29, 1.82) is 0 Å². The number of furan rings is 1. The summed E-state index contributed by atoms with van der Waals surface area (Å²) in [7, 11) is 0. The van der Waals surface area contributed by atoms with E-state index >= 15 is 0 Å². The van der Waals surface area contributed by atoms with Gasteiger partial charge in [0.25, 0.3) is 0 Å². The molecule has 0 aliphatic rings. The Hall–Kier alpha value is -2.65. The molecular formula is C21H12BrNO. The average molecular weight is 374 g/mol. The van der Waals surface area contributed by atoms with E-state index in [1.807, 2.05) is 42.5 Å². The normalized spacial score (nSPS) is 11.5. The van der Waals surface area contributed by atoms with Gasteiger partial charge >= 0.3 is 0 Å². The van der Waals surface area contributed by atoms with Crippen LogP contribution in [-0.2, 0) is 0 Å². The number of fused-ring (bicyclic) bond motifs is 5. The minimum absolute atomic E-state index is 0.841. The van der Waals surface area contributed by atoms with Gasteiger partial charge in [-0.05, 0) is 24.3 Å². The molecule has 0 saturated heterocycles. The molecule has 114 valence electrons. The van der Waals surface area contributed by atoms with Gasteiger partial charge in [0.1, 0.15) is 11.3 Å². The lowest BCUT2D eigenvalue weighted by Crippen LogP contribution is -1.87. The lowest BCUT2D eigenvalue weighted by atomic mass is 10.0. The first-order chi connectivity index (χ1) is 11.8. The molecule has 0 radical (unpaired) electrons. The minimum atomic E-state index is 0.841. The molecule has 2 nitrogen and oxygen atoms in total. The molecule has 0 spiro atoms. The van der Waals surface area contributed by atoms with Crippen molar-refractivity contribution in [3.8, 4) is 11.3 Å². The summed E-state index contributed by atoms with van der Waals surface area (Å²) in [6, 6.07) is 24.5. The maximum Gasteiger partial charge on any atom is 0.162 e. The van der Waals surface area contributed by atoms with Gasteiger partial charge in [-0.15, -0.1) is 0 Å². The highest BCUT2D eigenvalue weighted by molar-refractivity contribution is 9.10. The molecule has 3 heteroatoms. The van der Waals surface area contributed by atoms with Gasteiger partial charge in [0.15, 0.2) is 5.58 Å². The first-order valence-corrected chi connectivity index (χ1v) is 8.56. The van der Waals surface area contributed by atoms with Crippen molar-refractivity contribution in [3.63, 3.8) is 0 Å². The molecule has 0 aliphatic carbocycles. The molecule has 24 heavy (non-hydrogen) atoms. The lowest BCUT2D eigenvalue weighted by molar-refractivity contribution is 0.668. The van der Waals surface area contributed by atoms with Crippen LogP contribution < -0.4 is 0 Å². The number of halogens is 1. The van der Waals surface area contributed by atoms with Crippen molar-refractivity contribution >= 4 is 48.8 Å². The zero-order valence-electron chi connectivity index (χ0n) is 12.7. The summed E-state index contributed by atoms with van der Waals surface area (Å²) >= 11 is 3.57. The number of rotatable bonds is 1. The zero-order chi connectivity index (χ0) is 16.1. The van der Waals surface area contributed by atoms with Crippen molar-refractivity contribution in [1.82, 2.24) is 4.98 Å². The average Bonchev–Trinajstić information content (AvgIpc) is 3.01. The highest BCUT2D eigenvalue weighted by Crippen LogP contribution is 2.39. The Balaban J connectivity index is 2.05. The largest absolute Gasteiger partial charge is 0.454 e. The topological polar surface area (TPSA) is 26.0 Å². The summed E-state index contributed by atoms with van der Waals surface area (Å²) in [6.45, 7) is 0. The van der Waals surface area contributed by atoms with E-state index in [1.165, 1.54) is 0 Å². The lowest BCUT2D eigenvalue weighted by Gasteiger charge is -2.05. The Morgan fingerprint density at radius 2 is 1.58 bits per heavy atom. The SMILES string of the molecule is Brc1ccc2oc3c(-c4ccccc4)nc4ccccc4c3c2c1.